The minimum Gasteiger partial charge on any atom is -0.418 e. The maximum absolute atomic E-state index is 12.9. The smallest absolute Gasteiger partial charge is 0.249 e. The molecular formula is C15H17FN4O3. The number of hydrogen-bond acceptors (Lipinski definition) is 5. The lowest BCUT2D eigenvalue weighted by Gasteiger charge is -2.20. The molecule has 1 unspecified atom stereocenters. The van der Waals surface area contributed by atoms with Gasteiger partial charge in [0.15, 0.2) is 6.04 Å². The van der Waals surface area contributed by atoms with Crippen LogP contribution in [0.25, 0.3) is 11.5 Å². The van der Waals surface area contributed by atoms with E-state index in [0.717, 1.165) is 0 Å². The second-order valence-electron chi connectivity index (χ2n) is 6.01. The van der Waals surface area contributed by atoms with Crippen LogP contribution < -0.4 is 11.1 Å². The molecule has 1 heterocycles. The Bertz CT molecular complexity index is 719. The van der Waals surface area contributed by atoms with Gasteiger partial charge >= 0.3 is 0 Å². The Labute approximate surface area is 132 Å². The molecule has 0 saturated heterocycles. The Hall–Kier alpha value is -2.77. The number of aromatic nitrogens is 2. The summed E-state index contributed by atoms with van der Waals surface area (Å²) in [7, 11) is 0. The van der Waals surface area contributed by atoms with Gasteiger partial charge in [-0.2, -0.15) is 0 Å². The highest BCUT2D eigenvalue weighted by Crippen LogP contribution is 2.22. The summed E-state index contributed by atoms with van der Waals surface area (Å²) in [4.78, 5) is 23.6. The van der Waals surface area contributed by atoms with E-state index < -0.39 is 23.2 Å². The third-order valence-corrected chi connectivity index (χ3v) is 3.02. The first-order valence-corrected chi connectivity index (χ1v) is 6.88. The van der Waals surface area contributed by atoms with Crippen LogP contribution in [0.1, 0.15) is 32.7 Å². The minimum absolute atomic E-state index is 0.0938. The van der Waals surface area contributed by atoms with Crippen LogP contribution in [0, 0.1) is 11.2 Å². The highest BCUT2D eigenvalue weighted by Gasteiger charge is 2.31. The second-order valence-corrected chi connectivity index (χ2v) is 6.01. The van der Waals surface area contributed by atoms with E-state index in [-0.39, 0.29) is 17.7 Å². The lowest BCUT2D eigenvalue weighted by molar-refractivity contribution is -0.133. The Morgan fingerprint density at radius 1 is 1.22 bits per heavy atom. The molecule has 0 aliphatic carbocycles. The van der Waals surface area contributed by atoms with Gasteiger partial charge in [0.1, 0.15) is 5.82 Å². The second kappa shape index (κ2) is 6.15. The maximum Gasteiger partial charge on any atom is 0.249 e. The van der Waals surface area contributed by atoms with E-state index >= 15 is 0 Å². The third kappa shape index (κ3) is 3.91. The first-order valence-electron chi connectivity index (χ1n) is 6.88. The Morgan fingerprint density at radius 2 is 1.83 bits per heavy atom. The van der Waals surface area contributed by atoms with Crippen LogP contribution in [0.5, 0.6) is 0 Å². The van der Waals surface area contributed by atoms with Gasteiger partial charge < -0.3 is 15.5 Å². The molecule has 1 atom stereocenters. The molecule has 2 amide bonds. The average molecular weight is 320 g/mol. The van der Waals surface area contributed by atoms with Crippen LogP contribution in [0.15, 0.2) is 28.7 Å². The fourth-order valence-electron chi connectivity index (χ4n) is 1.66. The number of nitrogens with two attached hydrogens (primary N) is 1. The molecule has 8 heteroatoms. The molecule has 0 spiro atoms. The maximum atomic E-state index is 12.9. The number of nitrogens with zero attached hydrogens (tertiary/aromatic N) is 2. The largest absolute Gasteiger partial charge is 0.418 e. The van der Waals surface area contributed by atoms with Gasteiger partial charge in [-0.3, -0.25) is 9.59 Å². The Balaban J connectivity index is 2.26. The SMILES string of the molecule is CC(C)(C)C(=O)NC(C(N)=O)c1nnc(-c2ccc(F)cc2)o1. The fourth-order valence-corrected chi connectivity index (χ4v) is 1.66. The standard InChI is InChI=1S/C15H17FN4O3/c1-15(2,3)14(22)18-10(11(17)21)13-20-19-12(23-13)8-4-6-9(16)7-5-8/h4-7,10H,1-3H3,(H2,17,21)(H,18,22). The zero-order valence-corrected chi connectivity index (χ0v) is 13.0. The number of amides is 2. The van der Waals surface area contributed by atoms with Crippen molar-refractivity contribution in [2.45, 2.75) is 26.8 Å². The summed E-state index contributed by atoms with van der Waals surface area (Å²) in [5, 5.41) is 10.0. The van der Waals surface area contributed by atoms with Gasteiger partial charge in [-0.25, -0.2) is 4.39 Å². The molecule has 0 radical (unpaired) electrons. The number of primary amides is 1. The summed E-state index contributed by atoms with van der Waals surface area (Å²) >= 11 is 0. The van der Waals surface area contributed by atoms with E-state index in [0.29, 0.717) is 5.56 Å². The van der Waals surface area contributed by atoms with E-state index in [1.165, 1.54) is 24.3 Å². The van der Waals surface area contributed by atoms with Crippen LogP contribution in [0.2, 0.25) is 0 Å². The first-order chi connectivity index (χ1) is 10.7. The number of carbonyl (C=O) groups excluding carboxylic acids is 2. The van der Waals surface area contributed by atoms with Crippen molar-refractivity contribution in [3.05, 3.63) is 36.0 Å². The van der Waals surface area contributed by atoms with E-state index in [4.69, 9.17) is 10.2 Å². The molecule has 0 saturated carbocycles. The van der Waals surface area contributed by atoms with E-state index in [1.54, 1.807) is 20.8 Å². The van der Waals surface area contributed by atoms with E-state index in [2.05, 4.69) is 15.5 Å². The van der Waals surface area contributed by atoms with Gasteiger partial charge in [0.05, 0.1) is 0 Å². The highest BCUT2D eigenvalue weighted by molar-refractivity contribution is 5.89. The van der Waals surface area contributed by atoms with Gasteiger partial charge in [0.2, 0.25) is 23.6 Å². The quantitative estimate of drug-likeness (QED) is 0.888. The predicted molar refractivity (Wildman–Crippen MR) is 79.2 cm³/mol. The molecular weight excluding hydrogens is 303 g/mol. The van der Waals surface area contributed by atoms with Gasteiger partial charge in [-0.1, -0.05) is 20.8 Å². The molecule has 7 nitrogen and oxygen atoms in total. The normalized spacial score (nSPS) is 12.7. The number of benzene rings is 1. The summed E-state index contributed by atoms with van der Waals surface area (Å²) in [6.07, 6.45) is 0. The molecule has 1 aromatic carbocycles. The zero-order chi connectivity index (χ0) is 17.2. The summed E-state index contributed by atoms with van der Waals surface area (Å²) in [6.45, 7) is 5.08. The molecule has 1 aromatic heterocycles. The molecule has 2 rings (SSSR count). The lowest BCUT2D eigenvalue weighted by atomic mass is 9.95. The van der Waals surface area contributed by atoms with Crippen molar-refractivity contribution in [2.75, 3.05) is 0 Å². The lowest BCUT2D eigenvalue weighted by Crippen LogP contribution is -2.42. The molecule has 0 aliphatic heterocycles. The highest BCUT2D eigenvalue weighted by atomic mass is 19.1. The summed E-state index contributed by atoms with van der Waals surface area (Å²) < 4.78 is 18.3. The Morgan fingerprint density at radius 3 is 2.35 bits per heavy atom. The van der Waals surface area contributed by atoms with Gasteiger partial charge in [0.25, 0.3) is 0 Å². The predicted octanol–water partition coefficient (Wildman–Crippen LogP) is 1.56. The number of nitrogens with one attached hydrogen (secondary N) is 1. The van der Waals surface area contributed by atoms with Gasteiger partial charge in [-0.15, -0.1) is 10.2 Å². The number of hydrogen-bond donors (Lipinski definition) is 2. The molecule has 2 aromatic rings. The zero-order valence-electron chi connectivity index (χ0n) is 13.0. The fraction of sp³-hybridized carbons (Fsp3) is 0.333. The molecule has 0 fully saturated rings. The molecule has 0 aliphatic rings. The van der Waals surface area contributed by atoms with Crippen molar-refractivity contribution in [1.29, 1.82) is 0 Å². The van der Waals surface area contributed by atoms with Crippen LogP contribution in [0.4, 0.5) is 4.39 Å². The Kier molecular flexibility index (Phi) is 4.44. The summed E-state index contributed by atoms with van der Waals surface area (Å²) in [5.41, 5.74) is 5.06. The van der Waals surface area contributed by atoms with Crippen LogP contribution in [0.3, 0.4) is 0 Å². The van der Waals surface area contributed by atoms with Crippen LogP contribution in [-0.4, -0.2) is 22.0 Å². The molecule has 23 heavy (non-hydrogen) atoms. The van der Waals surface area contributed by atoms with Gasteiger partial charge in [0, 0.05) is 11.0 Å². The van der Waals surface area contributed by atoms with Crippen molar-refractivity contribution in [1.82, 2.24) is 15.5 Å². The van der Waals surface area contributed by atoms with E-state index in [9.17, 15) is 14.0 Å². The van der Waals surface area contributed by atoms with Crippen molar-refractivity contribution < 1.29 is 18.4 Å². The van der Waals surface area contributed by atoms with E-state index in [1.807, 2.05) is 0 Å². The first kappa shape index (κ1) is 16.6. The average Bonchev–Trinajstić information content (AvgIpc) is 2.93. The molecule has 122 valence electrons. The molecule has 0 bridgehead atoms. The summed E-state index contributed by atoms with van der Waals surface area (Å²) in [5.74, 6) is -1.65. The topological polar surface area (TPSA) is 111 Å². The molecule has 3 N–H and O–H groups in total. The van der Waals surface area contributed by atoms with Crippen molar-refractivity contribution in [3.63, 3.8) is 0 Å². The third-order valence-electron chi connectivity index (χ3n) is 3.02. The van der Waals surface area contributed by atoms with Crippen LogP contribution in [-0.2, 0) is 9.59 Å². The number of rotatable bonds is 4. The number of carbonyl (C=O) groups is 2. The minimum atomic E-state index is -1.23. The van der Waals surface area contributed by atoms with Crippen molar-refractivity contribution in [2.24, 2.45) is 11.1 Å². The monoisotopic (exact) mass is 320 g/mol. The van der Waals surface area contributed by atoms with Crippen molar-refractivity contribution >= 4 is 11.8 Å². The van der Waals surface area contributed by atoms with Gasteiger partial charge in [-0.05, 0) is 24.3 Å². The van der Waals surface area contributed by atoms with Crippen molar-refractivity contribution in [3.8, 4) is 11.5 Å². The summed E-state index contributed by atoms with van der Waals surface area (Å²) in [6, 6.07) is 4.17. The van der Waals surface area contributed by atoms with Crippen LogP contribution >= 0.6 is 0 Å². The number of halogens is 1.